The molecule has 4 aliphatic rings. The van der Waals surface area contributed by atoms with Crippen LogP contribution in [0.4, 0.5) is 0 Å². The lowest BCUT2D eigenvalue weighted by Crippen LogP contribution is -2.54. The molecule has 0 radical (unpaired) electrons. The lowest BCUT2D eigenvalue weighted by atomic mass is 9.45. The molecule has 24 heavy (non-hydrogen) atoms. The number of carbonyl (C=O) groups excluding carboxylic acids is 1. The molecule has 0 spiro atoms. The van der Waals surface area contributed by atoms with Gasteiger partial charge in [-0.2, -0.15) is 0 Å². The summed E-state index contributed by atoms with van der Waals surface area (Å²) in [5.74, 6) is 3.70. The summed E-state index contributed by atoms with van der Waals surface area (Å²) < 4.78 is 5.99. The van der Waals surface area contributed by atoms with Crippen LogP contribution in [-0.2, 0) is 9.53 Å². The number of rotatable bonds is 3. The maximum atomic E-state index is 12.5. The lowest BCUT2D eigenvalue weighted by molar-refractivity contribution is -0.144. The van der Waals surface area contributed by atoms with E-state index in [1.165, 1.54) is 44.9 Å². The highest BCUT2D eigenvalue weighted by molar-refractivity contribution is 5.87. The second-order valence-corrected chi connectivity index (χ2v) is 9.63. The molecule has 3 heteroatoms. The van der Waals surface area contributed by atoms with Crippen LogP contribution in [-0.4, -0.2) is 25.0 Å². The van der Waals surface area contributed by atoms with Gasteiger partial charge in [0.2, 0.25) is 0 Å². The molecular weight excluding hydrogens is 298 g/mol. The van der Waals surface area contributed by atoms with Crippen molar-refractivity contribution in [2.75, 3.05) is 13.2 Å². The van der Waals surface area contributed by atoms with Crippen molar-refractivity contribution in [3.63, 3.8) is 0 Å². The van der Waals surface area contributed by atoms with Crippen LogP contribution in [0, 0.1) is 34.5 Å². The van der Waals surface area contributed by atoms with Crippen LogP contribution in [0.3, 0.4) is 0 Å². The second kappa shape index (κ2) is 6.09. The third kappa shape index (κ3) is 2.41. The van der Waals surface area contributed by atoms with Gasteiger partial charge in [-0.1, -0.05) is 13.8 Å². The minimum Gasteiger partial charge on any atom is -0.377 e. The van der Waals surface area contributed by atoms with Gasteiger partial charge in [0.15, 0.2) is 0 Å². The molecule has 0 bridgehead atoms. The molecule has 0 aliphatic heterocycles. The molecule has 4 saturated carbocycles. The Morgan fingerprint density at radius 1 is 1.08 bits per heavy atom. The van der Waals surface area contributed by atoms with E-state index in [0.717, 1.165) is 30.6 Å². The van der Waals surface area contributed by atoms with Crippen molar-refractivity contribution in [2.45, 2.75) is 77.7 Å². The molecule has 0 heterocycles. The van der Waals surface area contributed by atoms with Gasteiger partial charge in [0.05, 0.1) is 12.7 Å². The molecule has 136 valence electrons. The van der Waals surface area contributed by atoms with Crippen LogP contribution in [0.15, 0.2) is 0 Å². The lowest BCUT2D eigenvalue weighted by Gasteiger charge is -2.60. The quantitative estimate of drug-likeness (QED) is 0.851. The van der Waals surface area contributed by atoms with E-state index >= 15 is 0 Å². The van der Waals surface area contributed by atoms with Gasteiger partial charge in [-0.25, -0.2) is 0 Å². The number of fused-ring (bicyclic) bond motifs is 5. The zero-order chi connectivity index (χ0) is 16.9. The number of ether oxygens (including phenoxy) is 1. The molecule has 0 aromatic heterocycles. The van der Waals surface area contributed by atoms with Crippen molar-refractivity contribution in [1.29, 1.82) is 0 Å². The average Bonchev–Trinajstić information content (AvgIpc) is 2.88. The molecular formula is C21H35NO2. The summed E-state index contributed by atoms with van der Waals surface area (Å²) in [7, 11) is 0. The molecule has 0 aromatic rings. The molecule has 4 aliphatic carbocycles. The van der Waals surface area contributed by atoms with Crippen molar-refractivity contribution in [1.82, 2.24) is 0 Å². The summed E-state index contributed by atoms with van der Waals surface area (Å²) in [6.07, 6.45) is 11.3. The first kappa shape index (κ1) is 17.0. The number of carbonyl (C=O) groups is 1. The second-order valence-electron chi connectivity index (χ2n) is 9.63. The Balaban J connectivity index is 1.51. The van der Waals surface area contributed by atoms with Crippen molar-refractivity contribution in [3.05, 3.63) is 0 Å². The molecule has 4 rings (SSSR count). The number of Topliss-reactive ketones (excluding diaryl/α,β-unsaturated/α-hetero) is 1. The molecule has 0 aromatic carbocycles. The highest BCUT2D eigenvalue weighted by Gasteiger charge is 2.60. The number of hydrogen-bond acceptors (Lipinski definition) is 3. The smallest absolute Gasteiger partial charge is 0.139 e. The largest absolute Gasteiger partial charge is 0.377 e. The van der Waals surface area contributed by atoms with Crippen LogP contribution < -0.4 is 5.73 Å². The molecule has 3 nitrogen and oxygen atoms in total. The summed E-state index contributed by atoms with van der Waals surface area (Å²) in [6, 6.07) is 0. The normalized spacial score (nSPS) is 51.0. The first-order valence-electron chi connectivity index (χ1n) is 10.3. The highest BCUT2D eigenvalue weighted by Crippen LogP contribution is 2.65. The van der Waals surface area contributed by atoms with E-state index in [1.807, 2.05) is 0 Å². The maximum absolute atomic E-state index is 12.5. The monoisotopic (exact) mass is 333 g/mol. The Morgan fingerprint density at radius 3 is 2.71 bits per heavy atom. The molecule has 2 N–H and O–H groups in total. The number of nitrogens with two attached hydrogens (primary N) is 1. The van der Waals surface area contributed by atoms with Gasteiger partial charge >= 0.3 is 0 Å². The van der Waals surface area contributed by atoms with Gasteiger partial charge in [0.25, 0.3) is 0 Å². The van der Waals surface area contributed by atoms with Gasteiger partial charge in [-0.15, -0.1) is 0 Å². The Labute approximate surface area is 147 Å². The Bertz CT molecular complexity index is 506. The van der Waals surface area contributed by atoms with E-state index in [-0.39, 0.29) is 5.41 Å². The van der Waals surface area contributed by atoms with Gasteiger partial charge in [0.1, 0.15) is 5.78 Å². The van der Waals surface area contributed by atoms with E-state index in [9.17, 15) is 4.79 Å². The van der Waals surface area contributed by atoms with Crippen LogP contribution >= 0.6 is 0 Å². The SMILES string of the molecule is C[C@]12CC[C@H](OCCN)CC1CCC1C2CC[C@]2(C)C(=O)CCC12. The zero-order valence-electron chi connectivity index (χ0n) is 15.6. The number of hydrogen-bond donors (Lipinski definition) is 1. The van der Waals surface area contributed by atoms with E-state index in [2.05, 4.69) is 13.8 Å². The maximum Gasteiger partial charge on any atom is 0.139 e. The molecule has 0 amide bonds. The standard InChI is InChI=1S/C21H35NO2/c1-20-9-7-15(24-12-11-22)13-14(20)3-4-16-17-5-6-19(23)21(17,2)10-8-18(16)20/h14-18H,3-13,22H2,1-2H3/t14?,15-,16?,17?,18?,20-,21-/m0/s1. The van der Waals surface area contributed by atoms with Gasteiger partial charge in [0, 0.05) is 18.4 Å². The first-order valence-corrected chi connectivity index (χ1v) is 10.3. The van der Waals surface area contributed by atoms with E-state index in [4.69, 9.17) is 10.5 Å². The predicted octanol–water partition coefficient (Wildman–Crippen LogP) is 3.94. The summed E-state index contributed by atoms with van der Waals surface area (Å²) in [5, 5.41) is 0. The Morgan fingerprint density at radius 2 is 1.92 bits per heavy atom. The fourth-order valence-corrected chi connectivity index (χ4v) is 7.38. The summed E-state index contributed by atoms with van der Waals surface area (Å²) in [5.41, 5.74) is 6.12. The van der Waals surface area contributed by atoms with E-state index < -0.39 is 0 Å². The van der Waals surface area contributed by atoms with E-state index in [0.29, 0.717) is 36.4 Å². The molecule has 4 unspecified atom stereocenters. The third-order valence-electron chi connectivity index (χ3n) is 8.80. The minimum absolute atomic E-state index is 0.0196. The summed E-state index contributed by atoms with van der Waals surface area (Å²) in [6.45, 7) is 6.21. The van der Waals surface area contributed by atoms with Crippen LogP contribution in [0.2, 0.25) is 0 Å². The Hall–Kier alpha value is -0.410. The topological polar surface area (TPSA) is 52.3 Å². The molecule has 0 saturated heterocycles. The van der Waals surface area contributed by atoms with Crippen LogP contribution in [0.25, 0.3) is 0 Å². The molecule has 7 atom stereocenters. The third-order valence-corrected chi connectivity index (χ3v) is 8.80. The fraction of sp³-hybridized carbons (Fsp3) is 0.952. The average molecular weight is 334 g/mol. The predicted molar refractivity (Wildman–Crippen MR) is 95.5 cm³/mol. The fourth-order valence-electron chi connectivity index (χ4n) is 7.38. The number of ketones is 1. The van der Waals surface area contributed by atoms with Crippen molar-refractivity contribution >= 4 is 5.78 Å². The summed E-state index contributed by atoms with van der Waals surface area (Å²) >= 11 is 0. The van der Waals surface area contributed by atoms with Crippen molar-refractivity contribution in [2.24, 2.45) is 40.2 Å². The summed E-state index contributed by atoms with van der Waals surface area (Å²) in [4.78, 5) is 12.5. The van der Waals surface area contributed by atoms with Gasteiger partial charge < -0.3 is 10.5 Å². The Kier molecular flexibility index (Phi) is 4.32. The van der Waals surface area contributed by atoms with Crippen molar-refractivity contribution < 1.29 is 9.53 Å². The zero-order valence-corrected chi connectivity index (χ0v) is 15.6. The van der Waals surface area contributed by atoms with E-state index in [1.54, 1.807) is 0 Å². The van der Waals surface area contributed by atoms with Gasteiger partial charge in [-0.3, -0.25) is 4.79 Å². The first-order chi connectivity index (χ1) is 11.5. The minimum atomic E-state index is 0.0196. The van der Waals surface area contributed by atoms with Crippen LogP contribution in [0.1, 0.15) is 71.6 Å². The van der Waals surface area contributed by atoms with Crippen LogP contribution in [0.5, 0.6) is 0 Å². The molecule has 4 fully saturated rings. The van der Waals surface area contributed by atoms with Crippen molar-refractivity contribution in [3.8, 4) is 0 Å². The highest BCUT2D eigenvalue weighted by atomic mass is 16.5. The van der Waals surface area contributed by atoms with Gasteiger partial charge in [-0.05, 0) is 80.5 Å².